The van der Waals surface area contributed by atoms with Crippen molar-refractivity contribution in [3.63, 3.8) is 0 Å². The third-order valence-corrected chi connectivity index (χ3v) is 4.04. The number of para-hydroxylation sites is 1. The maximum Gasteiger partial charge on any atom is 0.412 e. The summed E-state index contributed by atoms with van der Waals surface area (Å²) < 4.78 is 0. The summed E-state index contributed by atoms with van der Waals surface area (Å²) in [4.78, 5) is 25.1. The molecule has 2 N–H and O–H groups in total. The number of nitrogens with zero attached hydrogens (tertiary/aromatic N) is 1. The Kier molecular flexibility index (Phi) is 4.28. The summed E-state index contributed by atoms with van der Waals surface area (Å²) in [5.41, 5.74) is 2.62. The third kappa shape index (κ3) is 3.18. The van der Waals surface area contributed by atoms with Gasteiger partial charge in [0, 0.05) is 13.0 Å². The molecule has 2 aromatic carbocycles. The van der Waals surface area contributed by atoms with E-state index in [1.165, 1.54) is 0 Å². The van der Waals surface area contributed by atoms with Crippen LogP contribution < -0.4 is 10.2 Å². The van der Waals surface area contributed by atoms with Crippen LogP contribution in [0, 0.1) is 0 Å². The number of carboxylic acid groups (broad SMARTS) is 1. The molecule has 0 radical (unpaired) electrons. The highest BCUT2D eigenvalue weighted by Crippen LogP contribution is 2.32. The first-order valence-electron chi connectivity index (χ1n) is 7.58. The van der Waals surface area contributed by atoms with Crippen molar-refractivity contribution in [2.24, 2.45) is 0 Å². The first kappa shape index (κ1) is 15.1. The second-order valence-corrected chi connectivity index (χ2v) is 5.53. The number of fused-ring (bicyclic) bond motifs is 1. The summed E-state index contributed by atoms with van der Waals surface area (Å²) in [6.45, 7) is 0.489. The first-order chi connectivity index (χ1) is 11.2. The van der Waals surface area contributed by atoms with Gasteiger partial charge in [-0.05, 0) is 23.6 Å². The molecule has 1 heterocycles. The number of carbonyl (C=O) groups is 2. The molecule has 118 valence electrons. The summed E-state index contributed by atoms with van der Waals surface area (Å²) in [7, 11) is 0. The number of benzene rings is 2. The molecule has 0 spiro atoms. The lowest BCUT2D eigenvalue weighted by molar-refractivity contribution is -0.122. The van der Waals surface area contributed by atoms with Gasteiger partial charge in [0.25, 0.3) is 0 Å². The van der Waals surface area contributed by atoms with Gasteiger partial charge in [-0.15, -0.1) is 0 Å². The molecule has 0 aromatic heterocycles. The number of hydrogen-bond acceptors (Lipinski definition) is 2. The molecule has 2 aromatic rings. The Balaban J connectivity index is 1.64. The summed E-state index contributed by atoms with van der Waals surface area (Å²) in [6, 6.07) is 16.4. The van der Waals surface area contributed by atoms with Crippen molar-refractivity contribution in [1.29, 1.82) is 0 Å². The molecule has 0 saturated carbocycles. The van der Waals surface area contributed by atoms with Gasteiger partial charge in [-0.3, -0.25) is 9.69 Å². The van der Waals surface area contributed by atoms with E-state index >= 15 is 0 Å². The van der Waals surface area contributed by atoms with Gasteiger partial charge in [-0.2, -0.15) is 0 Å². The minimum atomic E-state index is -1.10. The highest BCUT2D eigenvalue weighted by atomic mass is 16.4. The van der Waals surface area contributed by atoms with E-state index in [-0.39, 0.29) is 5.91 Å². The summed E-state index contributed by atoms with van der Waals surface area (Å²) >= 11 is 0. The van der Waals surface area contributed by atoms with Crippen LogP contribution in [0.25, 0.3) is 0 Å². The number of carbonyl (C=O) groups excluding carboxylic acids is 1. The molecule has 3 rings (SSSR count). The van der Waals surface area contributed by atoms with Gasteiger partial charge in [0.05, 0.1) is 5.69 Å². The molecule has 5 nitrogen and oxygen atoms in total. The zero-order valence-corrected chi connectivity index (χ0v) is 12.6. The van der Waals surface area contributed by atoms with E-state index in [9.17, 15) is 14.7 Å². The van der Waals surface area contributed by atoms with E-state index in [1.807, 2.05) is 42.5 Å². The molecule has 1 atom stereocenters. The zero-order chi connectivity index (χ0) is 16.2. The largest absolute Gasteiger partial charge is 0.465 e. The fourth-order valence-electron chi connectivity index (χ4n) is 2.92. The Morgan fingerprint density at radius 1 is 1.09 bits per heavy atom. The van der Waals surface area contributed by atoms with E-state index in [0.717, 1.165) is 22.4 Å². The van der Waals surface area contributed by atoms with E-state index in [1.54, 1.807) is 12.1 Å². The topological polar surface area (TPSA) is 69.6 Å². The Bertz CT molecular complexity index is 715. The van der Waals surface area contributed by atoms with Crippen LogP contribution in [0.5, 0.6) is 0 Å². The predicted molar refractivity (Wildman–Crippen MR) is 87.6 cm³/mol. The van der Waals surface area contributed by atoms with Crippen LogP contribution in [0.2, 0.25) is 0 Å². The molecular formula is C18H18N2O3. The summed E-state index contributed by atoms with van der Waals surface area (Å²) in [5, 5.41) is 12.3. The Hall–Kier alpha value is -2.82. The van der Waals surface area contributed by atoms with Crippen molar-refractivity contribution in [3.8, 4) is 0 Å². The maximum atomic E-state index is 12.4. The SMILES string of the molecule is O=C(NCCc1ccccc1)[C@@H]1Cc2ccccc2N1C(=O)O. The van der Waals surface area contributed by atoms with Gasteiger partial charge in [-0.25, -0.2) is 4.79 Å². The fraction of sp³-hybridized carbons (Fsp3) is 0.222. The van der Waals surface area contributed by atoms with Crippen LogP contribution in [0.3, 0.4) is 0 Å². The second-order valence-electron chi connectivity index (χ2n) is 5.53. The van der Waals surface area contributed by atoms with Crippen LogP contribution in [0.4, 0.5) is 10.5 Å². The number of nitrogens with one attached hydrogen (secondary N) is 1. The van der Waals surface area contributed by atoms with E-state index < -0.39 is 12.1 Å². The zero-order valence-electron chi connectivity index (χ0n) is 12.6. The molecule has 0 unspecified atom stereocenters. The molecule has 0 bridgehead atoms. The van der Waals surface area contributed by atoms with Gasteiger partial charge in [-0.1, -0.05) is 48.5 Å². The second kappa shape index (κ2) is 6.52. The Morgan fingerprint density at radius 2 is 1.78 bits per heavy atom. The van der Waals surface area contributed by atoms with Crippen molar-refractivity contribution in [2.75, 3.05) is 11.4 Å². The van der Waals surface area contributed by atoms with Crippen molar-refractivity contribution in [1.82, 2.24) is 5.32 Å². The molecule has 2 amide bonds. The van der Waals surface area contributed by atoms with Gasteiger partial charge < -0.3 is 10.4 Å². The predicted octanol–water partition coefficient (Wildman–Crippen LogP) is 2.45. The molecule has 1 aliphatic rings. The van der Waals surface area contributed by atoms with Crippen LogP contribution >= 0.6 is 0 Å². The minimum absolute atomic E-state index is 0.250. The third-order valence-electron chi connectivity index (χ3n) is 4.04. The molecule has 23 heavy (non-hydrogen) atoms. The van der Waals surface area contributed by atoms with E-state index in [2.05, 4.69) is 5.32 Å². The minimum Gasteiger partial charge on any atom is -0.465 e. The quantitative estimate of drug-likeness (QED) is 0.911. The molecule has 0 saturated heterocycles. The van der Waals surface area contributed by atoms with Gasteiger partial charge in [0.1, 0.15) is 6.04 Å². The molecule has 5 heteroatoms. The molecular weight excluding hydrogens is 292 g/mol. The van der Waals surface area contributed by atoms with Gasteiger partial charge in [0.2, 0.25) is 5.91 Å². The van der Waals surface area contributed by atoms with Crippen LogP contribution in [-0.4, -0.2) is 29.7 Å². The summed E-state index contributed by atoms with van der Waals surface area (Å²) in [6.07, 6.45) is 0.0389. The van der Waals surface area contributed by atoms with Crippen LogP contribution in [-0.2, 0) is 17.6 Å². The number of amides is 2. The fourth-order valence-corrected chi connectivity index (χ4v) is 2.92. The highest BCUT2D eigenvalue weighted by molar-refractivity contribution is 5.99. The molecule has 1 aliphatic heterocycles. The van der Waals surface area contributed by atoms with Crippen molar-refractivity contribution < 1.29 is 14.7 Å². The van der Waals surface area contributed by atoms with Crippen molar-refractivity contribution >= 4 is 17.7 Å². The van der Waals surface area contributed by atoms with Crippen molar-refractivity contribution in [2.45, 2.75) is 18.9 Å². The standard InChI is InChI=1S/C18H18N2O3/c21-17(19-11-10-13-6-2-1-3-7-13)16-12-14-8-4-5-9-15(14)20(16)18(22)23/h1-9,16H,10-12H2,(H,19,21)(H,22,23)/t16-/m0/s1. The summed E-state index contributed by atoms with van der Waals surface area (Å²) in [5.74, 6) is -0.250. The van der Waals surface area contributed by atoms with Gasteiger partial charge >= 0.3 is 6.09 Å². The highest BCUT2D eigenvalue weighted by Gasteiger charge is 2.38. The normalized spacial score (nSPS) is 16.0. The molecule has 0 fully saturated rings. The van der Waals surface area contributed by atoms with E-state index in [0.29, 0.717) is 18.7 Å². The van der Waals surface area contributed by atoms with Gasteiger partial charge in [0.15, 0.2) is 0 Å². The van der Waals surface area contributed by atoms with E-state index in [4.69, 9.17) is 0 Å². The monoisotopic (exact) mass is 310 g/mol. The lowest BCUT2D eigenvalue weighted by atomic mass is 10.1. The average molecular weight is 310 g/mol. The first-order valence-corrected chi connectivity index (χ1v) is 7.58. The number of anilines is 1. The lowest BCUT2D eigenvalue weighted by Crippen LogP contribution is -2.48. The average Bonchev–Trinajstić information content (AvgIpc) is 2.95. The van der Waals surface area contributed by atoms with Crippen LogP contribution in [0.15, 0.2) is 54.6 Å². The maximum absolute atomic E-state index is 12.4. The lowest BCUT2D eigenvalue weighted by Gasteiger charge is -2.21. The smallest absolute Gasteiger partial charge is 0.412 e. The molecule has 0 aliphatic carbocycles. The number of hydrogen-bond donors (Lipinski definition) is 2. The van der Waals surface area contributed by atoms with Crippen molar-refractivity contribution in [3.05, 3.63) is 65.7 Å². The Labute approximate surface area is 134 Å². The number of rotatable bonds is 4. The van der Waals surface area contributed by atoms with Crippen LogP contribution in [0.1, 0.15) is 11.1 Å². The Morgan fingerprint density at radius 3 is 2.52 bits per heavy atom.